The third kappa shape index (κ3) is 5.24. The van der Waals surface area contributed by atoms with E-state index in [2.05, 4.69) is 27.3 Å². The maximum Gasteiger partial charge on any atom is 0.293 e. The molecular formula is C24H32N6O3. The zero-order valence-corrected chi connectivity index (χ0v) is 19.6. The van der Waals surface area contributed by atoms with Gasteiger partial charge in [-0.25, -0.2) is 9.20 Å². The van der Waals surface area contributed by atoms with E-state index in [1.807, 2.05) is 24.3 Å². The molecule has 176 valence electrons. The molecule has 0 bridgehead atoms. The lowest BCUT2D eigenvalue weighted by Crippen LogP contribution is -2.40. The number of rotatable bonds is 8. The molecule has 3 heterocycles. The predicted molar refractivity (Wildman–Crippen MR) is 126 cm³/mol. The highest BCUT2D eigenvalue weighted by atomic mass is 16.5. The molecule has 0 saturated carbocycles. The summed E-state index contributed by atoms with van der Waals surface area (Å²) in [7, 11) is 1.61. The number of fused-ring (bicyclic) bond motifs is 1. The molecule has 2 aromatic heterocycles. The van der Waals surface area contributed by atoms with E-state index in [0.717, 1.165) is 30.8 Å². The van der Waals surface area contributed by atoms with Crippen LogP contribution in [0.5, 0.6) is 5.75 Å². The topological polar surface area (TPSA) is 93.8 Å². The van der Waals surface area contributed by atoms with Gasteiger partial charge in [0.1, 0.15) is 23.6 Å². The predicted octanol–water partition coefficient (Wildman–Crippen LogP) is 2.26. The van der Waals surface area contributed by atoms with Crippen LogP contribution in [0.1, 0.15) is 38.4 Å². The van der Waals surface area contributed by atoms with E-state index in [9.17, 15) is 9.59 Å². The second kappa shape index (κ2) is 10.2. The van der Waals surface area contributed by atoms with Gasteiger partial charge in [-0.2, -0.15) is 10.2 Å². The normalized spacial score (nSPS) is 16.8. The maximum atomic E-state index is 13.0. The van der Waals surface area contributed by atoms with Gasteiger partial charge < -0.3 is 15.0 Å². The number of nitrogens with zero attached hydrogens (tertiary/aromatic N) is 5. The van der Waals surface area contributed by atoms with Crippen molar-refractivity contribution in [2.24, 2.45) is 0 Å². The molecule has 1 atom stereocenters. The minimum Gasteiger partial charge on any atom is -0.497 e. The lowest BCUT2D eigenvalue weighted by molar-refractivity contribution is -0.121. The van der Waals surface area contributed by atoms with Gasteiger partial charge in [0.05, 0.1) is 12.8 Å². The van der Waals surface area contributed by atoms with Crippen molar-refractivity contribution < 1.29 is 9.53 Å². The summed E-state index contributed by atoms with van der Waals surface area (Å²) < 4.78 is 7.93. The van der Waals surface area contributed by atoms with E-state index in [0.29, 0.717) is 29.6 Å². The van der Waals surface area contributed by atoms with Crippen molar-refractivity contribution in [2.45, 2.75) is 52.1 Å². The molecule has 33 heavy (non-hydrogen) atoms. The summed E-state index contributed by atoms with van der Waals surface area (Å²) in [6.07, 6.45) is 4.70. The Kier molecular flexibility index (Phi) is 7.08. The second-order valence-corrected chi connectivity index (χ2v) is 8.65. The molecule has 0 radical (unpaired) electrons. The quantitative estimate of drug-likeness (QED) is 0.527. The molecule has 1 unspecified atom stereocenters. The number of aryl methyl sites for hydroxylation is 1. The first-order chi connectivity index (χ1) is 16.0. The molecule has 1 amide bonds. The van der Waals surface area contributed by atoms with E-state index in [-0.39, 0.29) is 18.0 Å². The van der Waals surface area contributed by atoms with Crippen molar-refractivity contribution in [3.63, 3.8) is 0 Å². The Morgan fingerprint density at radius 3 is 2.73 bits per heavy atom. The number of carbonyl (C=O) groups is 1. The highest BCUT2D eigenvalue weighted by molar-refractivity contribution is 5.75. The number of aromatic nitrogens is 4. The molecule has 1 aliphatic rings. The molecule has 1 N–H and O–H groups in total. The van der Waals surface area contributed by atoms with Crippen LogP contribution in [0.25, 0.3) is 16.8 Å². The number of hydrogen-bond donors (Lipinski definition) is 1. The van der Waals surface area contributed by atoms with Crippen LogP contribution in [0, 0.1) is 6.92 Å². The molecule has 1 saturated heterocycles. The lowest BCUT2D eigenvalue weighted by atomic mass is 10.0. The first-order valence-corrected chi connectivity index (χ1v) is 11.6. The molecule has 0 spiro atoms. The zero-order valence-electron chi connectivity index (χ0n) is 19.6. The molecule has 1 fully saturated rings. The maximum absolute atomic E-state index is 13.0. The summed E-state index contributed by atoms with van der Waals surface area (Å²) in [5.74, 6) is 1.07. The SMILES string of the molecule is COc1ccc(-c2cc3c(=O)n(CC(=O)NCCCN4CCCCC4C)nc(C)n3n2)cc1. The fraction of sp³-hybridized carbons (Fsp3) is 0.500. The van der Waals surface area contributed by atoms with Crippen LogP contribution in [0.4, 0.5) is 0 Å². The zero-order chi connectivity index (χ0) is 23.4. The van der Waals surface area contributed by atoms with Crippen molar-refractivity contribution in [1.29, 1.82) is 0 Å². The smallest absolute Gasteiger partial charge is 0.293 e. The van der Waals surface area contributed by atoms with Gasteiger partial charge in [-0.05, 0) is 70.0 Å². The summed E-state index contributed by atoms with van der Waals surface area (Å²) in [5, 5.41) is 11.8. The van der Waals surface area contributed by atoms with Gasteiger partial charge in [-0.3, -0.25) is 9.59 Å². The molecule has 4 rings (SSSR count). The standard InChI is InChI=1S/C24H32N6O3/c1-17-7-4-5-13-28(17)14-6-12-25-23(31)16-29-24(32)22-15-21(27-30(22)18(2)26-29)19-8-10-20(33-3)11-9-19/h8-11,15,17H,4-7,12-14,16H2,1-3H3,(H,25,31). The largest absolute Gasteiger partial charge is 0.497 e. The van der Waals surface area contributed by atoms with Gasteiger partial charge >= 0.3 is 0 Å². The number of carbonyl (C=O) groups excluding carboxylic acids is 1. The fourth-order valence-electron chi connectivity index (χ4n) is 4.38. The monoisotopic (exact) mass is 452 g/mol. The van der Waals surface area contributed by atoms with Crippen molar-refractivity contribution in [3.05, 3.63) is 46.5 Å². The van der Waals surface area contributed by atoms with Crippen molar-refractivity contribution in [1.82, 2.24) is 29.6 Å². The van der Waals surface area contributed by atoms with Crippen molar-refractivity contribution in [3.8, 4) is 17.0 Å². The van der Waals surface area contributed by atoms with E-state index >= 15 is 0 Å². The van der Waals surface area contributed by atoms with Gasteiger partial charge in [-0.15, -0.1) is 0 Å². The van der Waals surface area contributed by atoms with E-state index in [4.69, 9.17) is 4.74 Å². The first-order valence-electron chi connectivity index (χ1n) is 11.6. The molecule has 3 aromatic rings. The molecule has 1 aliphatic heterocycles. The summed E-state index contributed by atoms with van der Waals surface area (Å²) in [4.78, 5) is 27.9. The van der Waals surface area contributed by atoms with Gasteiger partial charge in [-0.1, -0.05) is 6.42 Å². The Bertz CT molecular complexity index is 1170. The van der Waals surface area contributed by atoms with Crippen LogP contribution < -0.4 is 15.6 Å². The van der Waals surface area contributed by atoms with E-state index < -0.39 is 0 Å². The molecule has 1 aromatic carbocycles. The van der Waals surface area contributed by atoms with Crippen LogP contribution in [0.15, 0.2) is 35.1 Å². The number of piperidine rings is 1. The highest BCUT2D eigenvalue weighted by Gasteiger charge is 2.18. The number of methoxy groups -OCH3 is 1. The number of benzene rings is 1. The summed E-state index contributed by atoms with van der Waals surface area (Å²) in [6, 6.07) is 9.82. The Morgan fingerprint density at radius 2 is 2.00 bits per heavy atom. The average molecular weight is 453 g/mol. The fourth-order valence-corrected chi connectivity index (χ4v) is 4.38. The number of likely N-dealkylation sites (tertiary alicyclic amines) is 1. The van der Waals surface area contributed by atoms with Crippen molar-refractivity contribution in [2.75, 3.05) is 26.7 Å². The molecule has 9 heteroatoms. The van der Waals surface area contributed by atoms with Crippen LogP contribution in [0.2, 0.25) is 0 Å². The van der Waals surface area contributed by atoms with Crippen molar-refractivity contribution >= 4 is 11.4 Å². The van der Waals surface area contributed by atoms with Crippen LogP contribution in [-0.4, -0.2) is 63.0 Å². The summed E-state index contributed by atoms with van der Waals surface area (Å²) in [5.41, 5.74) is 1.57. The first kappa shape index (κ1) is 23.0. The number of hydrogen-bond acceptors (Lipinski definition) is 6. The third-order valence-electron chi connectivity index (χ3n) is 6.30. The summed E-state index contributed by atoms with van der Waals surface area (Å²) >= 11 is 0. The van der Waals surface area contributed by atoms with E-state index in [1.165, 1.54) is 28.5 Å². The number of amides is 1. The molecular weight excluding hydrogens is 420 g/mol. The minimum absolute atomic E-state index is 0.112. The van der Waals surface area contributed by atoms with Gasteiger partial charge in [0.15, 0.2) is 0 Å². The van der Waals surface area contributed by atoms with Gasteiger partial charge in [0.25, 0.3) is 5.56 Å². The average Bonchev–Trinajstić information content (AvgIpc) is 3.28. The van der Waals surface area contributed by atoms with Crippen LogP contribution in [0.3, 0.4) is 0 Å². The minimum atomic E-state index is -0.342. The van der Waals surface area contributed by atoms with Gasteiger partial charge in [0, 0.05) is 24.7 Å². The van der Waals surface area contributed by atoms with Crippen LogP contribution in [-0.2, 0) is 11.3 Å². The van der Waals surface area contributed by atoms with E-state index in [1.54, 1.807) is 20.1 Å². The second-order valence-electron chi connectivity index (χ2n) is 8.65. The Labute approximate surface area is 193 Å². The molecule has 0 aliphatic carbocycles. The van der Waals surface area contributed by atoms with Crippen LogP contribution >= 0.6 is 0 Å². The number of nitrogens with one attached hydrogen (secondary N) is 1. The third-order valence-corrected chi connectivity index (χ3v) is 6.30. The van der Waals surface area contributed by atoms with Gasteiger partial charge in [0.2, 0.25) is 5.91 Å². The summed E-state index contributed by atoms with van der Waals surface area (Å²) in [6.45, 7) is 6.63. The Balaban J connectivity index is 1.40. The molecule has 9 nitrogen and oxygen atoms in total. The Morgan fingerprint density at radius 1 is 1.21 bits per heavy atom. The number of ether oxygens (including phenoxy) is 1. The lowest BCUT2D eigenvalue weighted by Gasteiger charge is -2.33. The highest BCUT2D eigenvalue weighted by Crippen LogP contribution is 2.22. The Hall–Kier alpha value is -3.20.